The molecule has 1 saturated carbocycles. The molecule has 4 nitrogen and oxygen atoms in total. The molecule has 0 spiro atoms. The fourth-order valence-electron chi connectivity index (χ4n) is 4.00. The van der Waals surface area contributed by atoms with Gasteiger partial charge in [0.25, 0.3) is 0 Å². The minimum Gasteiger partial charge on any atom is -0.340 e. The molecule has 0 aromatic carbocycles. The SMILES string of the molecule is CCC1(CC)C(=O)NC(C)(C)C(=O)N1C1CCCCCC1. The lowest BCUT2D eigenvalue weighted by atomic mass is 9.80. The van der Waals surface area contributed by atoms with E-state index in [1.807, 2.05) is 32.6 Å². The second-order valence-corrected chi connectivity index (χ2v) is 7.14. The highest BCUT2D eigenvalue weighted by Crippen LogP contribution is 2.37. The molecule has 4 heteroatoms. The maximum Gasteiger partial charge on any atom is 0.248 e. The zero-order chi connectivity index (χ0) is 15.7. The van der Waals surface area contributed by atoms with Crippen molar-refractivity contribution >= 4 is 11.8 Å². The highest BCUT2D eigenvalue weighted by atomic mass is 16.2. The number of nitrogens with zero attached hydrogens (tertiary/aromatic N) is 1. The van der Waals surface area contributed by atoms with Crippen LogP contribution in [0.1, 0.15) is 79.1 Å². The van der Waals surface area contributed by atoms with Gasteiger partial charge in [-0.25, -0.2) is 0 Å². The van der Waals surface area contributed by atoms with Gasteiger partial charge in [0.2, 0.25) is 11.8 Å². The summed E-state index contributed by atoms with van der Waals surface area (Å²) in [4.78, 5) is 27.8. The van der Waals surface area contributed by atoms with Gasteiger partial charge in [-0.3, -0.25) is 9.59 Å². The van der Waals surface area contributed by atoms with Gasteiger partial charge >= 0.3 is 0 Å². The van der Waals surface area contributed by atoms with Gasteiger partial charge in [-0.05, 0) is 39.5 Å². The van der Waals surface area contributed by atoms with Crippen molar-refractivity contribution in [2.45, 2.75) is 96.2 Å². The van der Waals surface area contributed by atoms with Crippen LogP contribution in [-0.2, 0) is 9.59 Å². The van der Waals surface area contributed by atoms with E-state index in [2.05, 4.69) is 5.32 Å². The molecule has 0 unspecified atom stereocenters. The molecule has 1 aliphatic heterocycles. The Morgan fingerprint density at radius 3 is 2.05 bits per heavy atom. The van der Waals surface area contributed by atoms with Crippen LogP contribution < -0.4 is 5.32 Å². The van der Waals surface area contributed by atoms with Gasteiger partial charge in [0.1, 0.15) is 11.1 Å². The molecule has 0 radical (unpaired) electrons. The topological polar surface area (TPSA) is 49.4 Å². The van der Waals surface area contributed by atoms with Crippen LogP contribution in [0.4, 0.5) is 0 Å². The van der Waals surface area contributed by atoms with E-state index in [0.29, 0.717) is 12.8 Å². The average molecular weight is 294 g/mol. The summed E-state index contributed by atoms with van der Waals surface area (Å²) in [5.41, 5.74) is -1.43. The van der Waals surface area contributed by atoms with Crippen molar-refractivity contribution in [3.8, 4) is 0 Å². The van der Waals surface area contributed by atoms with Crippen molar-refractivity contribution in [1.29, 1.82) is 0 Å². The first kappa shape index (κ1) is 16.3. The maximum absolute atomic E-state index is 13.0. The van der Waals surface area contributed by atoms with E-state index in [9.17, 15) is 9.59 Å². The van der Waals surface area contributed by atoms with Gasteiger partial charge in [0.15, 0.2) is 0 Å². The molecule has 120 valence electrons. The molecule has 1 saturated heterocycles. The van der Waals surface area contributed by atoms with E-state index in [-0.39, 0.29) is 17.9 Å². The molecule has 0 bridgehead atoms. The molecular weight excluding hydrogens is 264 g/mol. The Morgan fingerprint density at radius 2 is 1.57 bits per heavy atom. The molecule has 0 aromatic rings. The third kappa shape index (κ3) is 2.69. The number of hydrogen-bond donors (Lipinski definition) is 1. The van der Waals surface area contributed by atoms with Gasteiger partial charge in [0, 0.05) is 6.04 Å². The maximum atomic E-state index is 13.0. The summed E-state index contributed by atoms with van der Waals surface area (Å²) < 4.78 is 0. The fraction of sp³-hybridized carbons (Fsp3) is 0.882. The molecule has 1 aliphatic carbocycles. The summed E-state index contributed by atoms with van der Waals surface area (Å²) in [7, 11) is 0. The van der Waals surface area contributed by atoms with Crippen molar-refractivity contribution in [2.75, 3.05) is 0 Å². The van der Waals surface area contributed by atoms with E-state index in [0.717, 1.165) is 12.8 Å². The highest BCUT2D eigenvalue weighted by molar-refractivity contribution is 6.02. The zero-order valence-corrected chi connectivity index (χ0v) is 14.0. The van der Waals surface area contributed by atoms with Crippen LogP contribution in [0.3, 0.4) is 0 Å². The van der Waals surface area contributed by atoms with Crippen LogP contribution in [0.5, 0.6) is 0 Å². The first-order valence-electron chi connectivity index (χ1n) is 8.55. The van der Waals surface area contributed by atoms with Crippen molar-refractivity contribution in [3.05, 3.63) is 0 Å². The Morgan fingerprint density at radius 1 is 1.05 bits per heavy atom. The first-order chi connectivity index (χ1) is 9.89. The molecule has 2 amide bonds. The van der Waals surface area contributed by atoms with Crippen LogP contribution in [0.2, 0.25) is 0 Å². The lowest BCUT2D eigenvalue weighted by Crippen LogP contribution is -2.75. The normalized spacial score (nSPS) is 26.4. The van der Waals surface area contributed by atoms with Crippen LogP contribution >= 0.6 is 0 Å². The standard InChI is InChI=1S/C17H30N2O2/c1-5-17(6-2)14(20)18-16(3,4)15(21)19(17)13-11-9-7-8-10-12-13/h13H,5-12H2,1-4H3,(H,18,20). The Kier molecular flexibility index (Phi) is 4.64. The third-order valence-corrected chi connectivity index (χ3v) is 5.42. The van der Waals surface area contributed by atoms with Crippen molar-refractivity contribution in [2.24, 2.45) is 0 Å². The van der Waals surface area contributed by atoms with Gasteiger partial charge < -0.3 is 10.2 Å². The summed E-state index contributed by atoms with van der Waals surface area (Å²) in [6, 6.07) is 0.227. The van der Waals surface area contributed by atoms with Crippen molar-refractivity contribution in [3.63, 3.8) is 0 Å². The second-order valence-electron chi connectivity index (χ2n) is 7.14. The predicted molar refractivity (Wildman–Crippen MR) is 83.9 cm³/mol. The van der Waals surface area contributed by atoms with Gasteiger partial charge in [0.05, 0.1) is 0 Å². The van der Waals surface area contributed by atoms with Crippen LogP contribution in [0.25, 0.3) is 0 Å². The lowest BCUT2D eigenvalue weighted by Gasteiger charge is -2.53. The van der Waals surface area contributed by atoms with Crippen molar-refractivity contribution in [1.82, 2.24) is 10.2 Å². The number of carbonyl (C=O) groups excluding carboxylic acids is 2. The Hall–Kier alpha value is -1.06. The fourth-order valence-corrected chi connectivity index (χ4v) is 4.00. The lowest BCUT2D eigenvalue weighted by molar-refractivity contribution is -0.166. The summed E-state index contributed by atoms with van der Waals surface area (Å²) in [6.45, 7) is 7.70. The highest BCUT2D eigenvalue weighted by Gasteiger charge is 2.55. The minimum absolute atomic E-state index is 0.0290. The molecule has 1 N–H and O–H groups in total. The van der Waals surface area contributed by atoms with Gasteiger partial charge in [-0.15, -0.1) is 0 Å². The first-order valence-corrected chi connectivity index (χ1v) is 8.55. The zero-order valence-electron chi connectivity index (χ0n) is 14.0. The summed E-state index contributed by atoms with van der Waals surface area (Å²) in [6.07, 6.45) is 8.29. The quantitative estimate of drug-likeness (QED) is 0.813. The van der Waals surface area contributed by atoms with Gasteiger partial charge in [-0.1, -0.05) is 39.5 Å². The molecule has 0 aromatic heterocycles. The smallest absolute Gasteiger partial charge is 0.248 e. The predicted octanol–water partition coefficient (Wildman–Crippen LogP) is 3.01. The van der Waals surface area contributed by atoms with E-state index < -0.39 is 11.1 Å². The Bertz CT molecular complexity index is 405. The number of piperazine rings is 1. The van der Waals surface area contributed by atoms with E-state index in [1.54, 1.807) is 0 Å². The summed E-state index contributed by atoms with van der Waals surface area (Å²) in [5.74, 6) is 0.124. The molecule has 2 rings (SSSR count). The molecule has 2 aliphatic rings. The van der Waals surface area contributed by atoms with E-state index >= 15 is 0 Å². The molecular formula is C17H30N2O2. The Balaban J connectivity index is 2.42. The monoisotopic (exact) mass is 294 g/mol. The summed E-state index contributed by atoms with van der Waals surface area (Å²) >= 11 is 0. The van der Waals surface area contributed by atoms with Crippen LogP contribution in [0, 0.1) is 0 Å². The third-order valence-electron chi connectivity index (χ3n) is 5.42. The second kappa shape index (κ2) is 5.98. The van der Waals surface area contributed by atoms with E-state index in [1.165, 1.54) is 25.7 Å². The summed E-state index contributed by atoms with van der Waals surface area (Å²) in [5, 5.41) is 2.95. The number of nitrogens with one attached hydrogen (secondary N) is 1. The Labute approximate surface area is 128 Å². The molecule has 21 heavy (non-hydrogen) atoms. The van der Waals surface area contributed by atoms with Crippen molar-refractivity contribution < 1.29 is 9.59 Å². The van der Waals surface area contributed by atoms with E-state index in [4.69, 9.17) is 0 Å². The number of carbonyl (C=O) groups is 2. The van der Waals surface area contributed by atoms with Gasteiger partial charge in [-0.2, -0.15) is 0 Å². The average Bonchev–Trinajstić information content (AvgIpc) is 2.71. The number of amides is 2. The molecule has 0 atom stereocenters. The number of rotatable bonds is 3. The largest absolute Gasteiger partial charge is 0.340 e. The number of hydrogen-bond acceptors (Lipinski definition) is 2. The molecule has 1 heterocycles. The minimum atomic E-state index is -0.781. The van der Waals surface area contributed by atoms with Crippen LogP contribution in [-0.4, -0.2) is 33.8 Å². The molecule has 2 fully saturated rings. The van der Waals surface area contributed by atoms with Crippen LogP contribution in [0.15, 0.2) is 0 Å².